The number of carbonyl (C=O) groups is 2. The number of pyridine rings is 1. The number of aryl methyl sites for hydroxylation is 2. The van der Waals surface area contributed by atoms with Crippen LogP contribution in [0.5, 0.6) is 0 Å². The molecule has 0 atom stereocenters. The van der Waals surface area contributed by atoms with Gasteiger partial charge in [-0.2, -0.15) is 0 Å². The van der Waals surface area contributed by atoms with Crippen molar-refractivity contribution in [2.75, 3.05) is 0 Å². The Morgan fingerprint density at radius 2 is 1.72 bits per heavy atom. The van der Waals surface area contributed by atoms with Crippen LogP contribution < -0.4 is 5.32 Å². The van der Waals surface area contributed by atoms with Crippen LogP contribution in [0.15, 0.2) is 24.3 Å². The summed E-state index contributed by atoms with van der Waals surface area (Å²) in [5.41, 5.74) is 6.63. The summed E-state index contributed by atoms with van der Waals surface area (Å²) in [4.78, 5) is 29.1. The van der Waals surface area contributed by atoms with Crippen LogP contribution in [0.4, 0.5) is 4.79 Å². The number of alkyl carbamates (subject to hydrolysis) is 1. The largest absolute Gasteiger partial charge is 0.444 e. The van der Waals surface area contributed by atoms with Crippen LogP contribution in [0.2, 0.25) is 0 Å². The Morgan fingerprint density at radius 1 is 1.09 bits per heavy atom. The molecule has 0 saturated heterocycles. The van der Waals surface area contributed by atoms with Gasteiger partial charge in [0.2, 0.25) is 0 Å². The second-order valence-corrected chi connectivity index (χ2v) is 10.7. The first-order chi connectivity index (χ1) is 14.9. The van der Waals surface area contributed by atoms with Gasteiger partial charge < -0.3 is 10.1 Å². The number of hydrogen-bond donors (Lipinski definition) is 1. The van der Waals surface area contributed by atoms with Crippen LogP contribution in [0.1, 0.15) is 69.6 Å². The highest BCUT2D eigenvalue weighted by molar-refractivity contribution is 8.12. The van der Waals surface area contributed by atoms with Crippen molar-refractivity contribution >= 4 is 23.0 Å². The zero-order chi connectivity index (χ0) is 24.1. The van der Waals surface area contributed by atoms with Crippen molar-refractivity contribution in [1.82, 2.24) is 10.3 Å². The fourth-order valence-electron chi connectivity index (χ4n) is 3.48. The Kier molecular flexibility index (Phi) is 8.90. The maximum absolute atomic E-state index is 12.4. The van der Waals surface area contributed by atoms with Gasteiger partial charge in [0.1, 0.15) is 5.60 Å². The van der Waals surface area contributed by atoms with Crippen molar-refractivity contribution in [3.63, 3.8) is 0 Å². The van der Waals surface area contributed by atoms with E-state index in [1.807, 2.05) is 27.7 Å². The number of carbonyl (C=O) groups excluding carboxylic acids is 2. The van der Waals surface area contributed by atoms with Gasteiger partial charge in [-0.15, -0.1) is 0 Å². The number of nitrogens with one attached hydrogen (secondary N) is 1. The summed E-state index contributed by atoms with van der Waals surface area (Å²) < 4.78 is 5.46. The number of thioether (sulfide) groups is 1. The maximum atomic E-state index is 12.4. The average molecular weight is 457 g/mol. The molecule has 0 radical (unpaired) electrons. The molecular weight excluding hydrogens is 420 g/mol. The van der Waals surface area contributed by atoms with E-state index in [4.69, 9.17) is 9.72 Å². The molecule has 6 heteroatoms. The lowest BCUT2D eigenvalue weighted by molar-refractivity contribution is -0.109. The Balaban J connectivity index is 2.63. The Bertz CT molecular complexity index is 961. The molecule has 0 bridgehead atoms. The second kappa shape index (κ2) is 11.0. The summed E-state index contributed by atoms with van der Waals surface area (Å²) in [6, 6.07) is 8.37. The van der Waals surface area contributed by atoms with E-state index < -0.39 is 11.7 Å². The van der Waals surface area contributed by atoms with E-state index in [1.54, 1.807) is 6.92 Å². The summed E-state index contributed by atoms with van der Waals surface area (Å²) in [6.45, 7) is 15.8. The lowest BCUT2D eigenvalue weighted by Crippen LogP contribution is -2.32. The van der Waals surface area contributed by atoms with Crippen LogP contribution in [0.3, 0.4) is 0 Å². The predicted molar refractivity (Wildman–Crippen MR) is 133 cm³/mol. The van der Waals surface area contributed by atoms with Gasteiger partial charge in [-0.1, -0.05) is 55.4 Å². The van der Waals surface area contributed by atoms with Gasteiger partial charge in [0, 0.05) is 36.2 Å². The monoisotopic (exact) mass is 456 g/mol. The number of hydrogen-bond acceptors (Lipinski definition) is 5. The third-order valence-electron chi connectivity index (χ3n) is 4.86. The lowest BCUT2D eigenvalue weighted by Gasteiger charge is -2.23. The van der Waals surface area contributed by atoms with Gasteiger partial charge in [0.25, 0.3) is 0 Å². The molecular formula is C26H36N2O3S. The topological polar surface area (TPSA) is 68.3 Å². The van der Waals surface area contributed by atoms with Crippen LogP contribution >= 0.6 is 11.8 Å². The highest BCUT2D eigenvalue weighted by Crippen LogP contribution is 2.35. The Morgan fingerprint density at radius 3 is 2.25 bits per heavy atom. The summed E-state index contributed by atoms with van der Waals surface area (Å²) in [6.07, 6.45) is 0.341. The van der Waals surface area contributed by atoms with Gasteiger partial charge in [-0.3, -0.25) is 9.78 Å². The minimum absolute atomic E-state index is 0.0685. The molecule has 0 fully saturated rings. The number of rotatable bonds is 7. The van der Waals surface area contributed by atoms with Gasteiger partial charge in [0.15, 0.2) is 5.12 Å². The van der Waals surface area contributed by atoms with Crippen molar-refractivity contribution in [3.8, 4) is 11.1 Å². The van der Waals surface area contributed by atoms with Crippen molar-refractivity contribution in [3.05, 3.63) is 52.3 Å². The standard InChI is InChI=1S/C26H36N2O3S/c1-16(2)13-23-21(14-27-25(30)31-26(6,7)8)24(20-11-9-17(3)10-12-20)22(18(4)28-23)15-32-19(5)29/h9-12,16H,13-15H2,1-8H3,(H,27,30). The Hall–Kier alpha value is -2.34. The van der Waals surface area contributed by atoms with E-state index in [0.29, 0.717) is 18.2 Å². The molecule has 2 aromatic rings. The fourth-order valence-corrected chi connectivity index (χ4v) is 4.19. The first-order valence-electron chi connectivity index (χ1n) is 11.1. The van der Waals surface area contributed by atoms with E-state index in [-0.39, 0.29) is 5.12 Å². The first-order valence-corrected chi connectivity index (χ1v) is 12.0. The number of benzene rings is 1. The number of ether oxygens (including phenoxy) is 1. The Labute approximate surface area is 196 Å². The normalized spacial score (nSPS) is 11.5. The van der Waals surface area contributed by atoms with Crippen molar-refractivity contribution in [1.29, 1.82) is 0 Å². The first kappa shape index (κ1) is 25.9. The van der Waals surface area contributed by atoms with Crippen LogP contribution in [0.25, 0.3) is 11.1 Å². The maximum Gasteiger partial charge on any atom is 0.407 e. The van der Waals surface area contributed by atoms with E-state index >= 15 is 0 Å². The van der Waals surface area contributed by atoms with E-state index in [1.165, 1.54) is 17.3 Å². The van der Waals surface area contributed by atoms with Crippen molar-refractivity contribution < 1.29 is 14.3 Å². The molecule has 0 aliphatic carbocycles. The summed E-state index contributed by atoms with van der Waals surface area (Å²) >= 11 is 1.28. The number of nitrogens with zero attached hydrogens (tertiary/aromatic N) is 1. The molecule has 1 aromatic carbocycles. The quantitative estimate of drug-likeness (QED) is 0.524. The zero-order valence-electron chi connectivity index (χ0n) is 20.6. The molecule has 5 nitrogen and oxygen atoms in total. The molecule has 0 unspecified atom stereocenters. The minimum Gasteiger partial charge on any atom is -0.444 e. The predicted octanol–water partition coefficient (Wildman–Crippen LogP) is 6.37. The van der Waals surface area contributed by atoms with Crippen molar-refractivity contribution in [2.24, 2.45) is 5.92 Å². The minimum atomic E-state index is -0.570. The molecule has 174 valence electrons. The number of amides is 1. The van der Waals surface area contributed by atoms with E-state index in [2.05, 4.69) is 50.4 Å². The molecule has 0 aliphatic rings. The fraction of sp³-hybridized carbons (Fsp3) is 0.500. The third-order valence-corrected chi connectivity index (χ3v) is 5.70. The molecule has 2 rings (SSSR count). The molecule has 0 aliphatic heterocycles. The molecule has 1 amide bonds. The highest BCUT2D eigenvalue weighted by Gasteiger charge is 2.22. The van der Waals surface area contributed by atoms with Crippen LogP contribution in [0, 0.1) is 19.8 Å². The SMILES string of the molecule is CC(=O)SCc1c(C)nc(CC(C)C)c(CNC(=O)OC(C)(C)C)c1-c1ccc(C)cc1. The summed E-state index contributed by atoms with van der Waals surface area (Å²) in [5, 5.41) is 3.00. The summed E-state index contributed by atoms with van der Waals surface area (Å²) in [5.74, 6) is 0.948. The van der Waals surface area contributed by atoms with Crippen molar-refractivity contribution in [2.45, 2.75) is 79.7 Å². The molecule has 0 saturated carbocycles. The van der Waals surface area contributed by atoms with E-state index in [9.17, 15) is 9.59 Å². The molecule has 32 heavy (non-hydrogen) atoms. The zero-order valence-corrected chi connectivity index (χ0v) is 21.4. The van der Waals surface area contributed by atoms with Gasteiger partial charge in [0.05, 0.1) is 0 Å². The number of aromatic nitrogens is 1. The summed E-state index contributed by atoms with van der Waals surface area (Å²) in [7, 11) is 0. The second-order valence-electron chi connectivity index (χ2n) is 9.58. The third kappa shape index (κ3) is 7.66. The lowest BCUT2D eigenvalue weighted by atomic mass is 9.90. The molecule has 0 spiro atoms. The van der Waals surface area contributed by atoms with Gasteiger partial charge >= 0.3 is 6.09 Å². The van der Waals surface area contributed by atoms with Crippen LogP contribution in [-0.2, 0) is 28.2 Å². The van der Waals surface area contributed by atoms with E-state index in [0.717, 1.165) is 40.1 Å². The van der Waals surface area contributed by atoms with Crippen LogP contribution in [-0.4, -0.2) is 21.8 Å². The smallest absolute Gasteiger partial charge is 0.407 e. The molecule has 1 aromatic heterocycles. The van der Waals surface area contributed by atoms with Gasteiger partial charge in [-0.05, 0) is 63.6 Å². The highest BCUT2D eigenvalue weighted by atomic mass is 32.2. The van der Waals surface area contributed by atoms with Gasteiger partial charge in [-0.25, -0.2) is 4.79 Å². The molecule has 1 N–H and O–H groups in total. The average Bonchev–Trinajstić information content (AvgIpc) is 2.64. The molecule has 1 heterocycles.